The van der Waals surface area contributed by atoms with Crippen molar-refractivity contribution < 1.29 is 5.11 Å². The number of aromatic nitrogens is 1. The van der Waals surface area contributed by atoms with Crippen molar-refractivity contribution in [3.05, 3.63) is 60.3 Å². The number of hydrogen-bond acceptors (Lipinski definition) is 5. The van der Waals surface area contributed by atoms with Gasteiger partial charge in [-0.3, -0.25) is 9.80 Å². The number of aryl methyl sites for hydroxylation is 1. The summed E-state index contributed by atoms with van der Waals surface area (Å²) in [5.41, 5.74) is 1.40. The van der Waals surface area contributed by atoms with Gasteiger partial charge in [-0.1, -0.05) is 36.4 Å². The van der Waals surface area contributed by atoms with E-state index in [0.717, 1.165) is 64.5 Å². The highest BCUT2D eigenvalue weighted by atomic mass is 16.3. The molecule has 144 valence electrons. The maximum Gasteiger partial charge on any atom is 0.128 e. The highest BCUT2D eigenvalue weighted by molar-refractivity contribution is 5.38. The van der Waals surface area contributed by atoms with Gasteiger partial charge < -0.3 is 10.0 Å². The first-order valence-electron chi connectivity index (χ1n) is 10.1. The van der Waals surface area contributed by atoms with Gasteiger partial charge in [0.05, 0.1) is 6.10 Å². The molecule has 0 aliphatic carbocycles. The van der Waals surface area contributed by atoms with Crippen molar-refractivity contribution in [2.75, 3.05) is 50.7 Å². The minimum absolute atomic E-state index is 0.233. The molecule has 0 radical (unpaired) electrons. The lowest BCUT2D eigenvalue weighted by Gasteiger charge is -2.39. The van der Waals surface area contributed by atoms with Crippen molar-refractivity contribution in [2.24, 2.45) is 0 Å². The SMILES string of the molecule is O[C@@H]1CN(CCCc2ccccc2)C[C@H]1N1CCN(c2ccccn2)CC1. The second-order valence-corrected chi connectivity index (χ2v) is 7.69. The van der Waals surface area contributed by atoms with Gasteiger partial charge in [-0.25, -0.2) is 4.98 Å². The predicted molar refractivity (Wildman–Crippen MR) is 109 cm³/mol. The van der Waals surface area contributed by atoms with E-state index in [4.69, 9.17) is 0 Å². The zero-order chi connectivity index (χ0) is 18.5. The van der Waals surface area contributed by atoms with Crippen LogP contribution in [-0.4, -0.2) is 77.8 Å². The third kappa shape index (κ3) is 4.67. The standard InChI is InChI=1S/C22H30N4O/c27-21-18-24(12-6-9-19-7-2-1-3-8-19)17-20(21)25-13-15-26(16-14-25)22-10-4-5-11-23-22/h1-5,7-8,10-11,20-21,27H,6,9,12-18H2/t20-,21-/m1/s1. The number of anilines is 1. The summed E-state index contributed by atoms with van der Waals surface area (Å²) >= 11 is 0. The van der Waals surface area contributed by atoms with Gasteiger partial charge in [-0.15, -0.1) is 0 Å². The summed E-state index contributed by atoms with van der Waals surface area (Å²) in [5.74, 6) is 1.06. The maximum absolute atomic E-state index is 10.6. The topological polar surface area (TPSA) is 42.8 Å². The number of rotatable bonds is 6. The number of hydrogen-bond donors (Lipinski definition) is 1. The predicted octanol–water partition coefficient (Wildman–Crippen LogP) is 1.88. The lowest BCUT2D eigenvalue weighted by molar-refractivity contribution is 0.0790. The van der Waals surface area contributed by atoms with Gasteiger partial charge >= 0.3 is 0 Å². The Hall–Kier alpha value is -1.95. The molecule has 0 bridgehead atoms. The second kappa shape index (κ2) is 8.83. The molecule has 0 saturated carbocycles. The molecule has 0 spiro atoms. The molecular weight excluding hydrogens is 336 g/mol. The van der Waals surface area contributed by atoms with E-state index in [1.807, 2.05) is 18.3 Å². The van der Waals surface area contributed by atoms with E-state index in [2.05, 4.69) is 56.1 Å². The molecule has 4 rings (SSSR count). The monoisotopic (exact) mass is 366 g/mol. The second-order valence-electron chi connectivity index (χ2n) is 7.69. The van der Waals surface area contributed by atoms with Gasteiger partial charge in [-0.05, 0) is 37.1 Å². The Morgan fingerprint density at radius 2 is 1.70 bits per heavy atom. The molecule has 2 fully saturated rings. The molecule has 2 aliphatic heterocycles. The van der Waals surface area contributed by atoms with Crippen LogP contribution in [0.4, 0.5) is 5.82 Å². The third-order valence-electron chi connectivity index (χ3n) is 5.87. The van der Waals surface area contributed by atoms with E-state index >= 15 is 0 Å². The van der Waals surface area contributed by atoms with Crippen molar-refractivity contribution in [3.8, 4) is 0 Å². The molecule has 0 unspecified atom stereocenters. The van der Waals surface area contributed by atoms with Crippen LogP contribution in [-0.2, 0) is 6.42 Å². The van der Waals surface area contributed by atoms with Crippen LogP contribution in [0.15, 0.2) is 54.7 Å². The first kappa shape index (κ1) is 18.4. The lowest BCUT2D eigenvalue weighted by atomic mass is 10.1. The number of aliphatic hydroxyl groups is 1. The molecule has 2 aromatic rings. The largest absolute Gasteiger partial charge is 0.390 e. The van der Waals surface area contributed by atoms with E-state index in [1.54, 1.807) is 0 Å². The fourth-order valence-electron chi connectivity index (χ4n) is 4.36. The third-order valence-corrected chi connectivity index (χ3v) is 5.87. The summed E-state index contributed by atoms with van der Waals surface area (Å²) in [7, 11) is 0. The van der Waals surface area contributed by atoms with Gasteiger partial charge in [0.2, 0.25) is 0 Å². The molecule has 2 aliphatic rings. The summed E-state index contributed by atoms with van der Waals surface area (Å²) < 4.78 is 0. The number of benzene rings is 1. The summed E-state index contributed by atoms with van der Waals surface area (Å²) in [5, 5.41) is 10.6. The van der Waals surface area contributed by atoms with Crippen LogP contribution >= 0.6 is 0 Å². The van der Waals surface area contributed by atoms with E-state index in [1.165, 1.54) is 5.56 Å². The molecule has 1 N–H and O–H groups in total. The zero-order valence-corrected chi connectivity index (χ0v) is 16.0. The van der Waals surface area contributed by atoms with E-state index < -0.39 is 0 Å². The Morgan fingerprint density at radius 3 is 2.44 bits per heavy atom. The van der Waals surface area contributed by atoms with Crippen molar-refractivity contribution in [1.82, 2.24) is 14.8 Å². The van der Waals surface area contributed by atoms with Gasteiger partial charge in [0.1, 0.15) is 5.82 Å². The molecule has 27 heavy (non-hydrogen) atoms. The van der Waals surface area contributed by atoms with Crippen LogP contribution < -0.4 is 4.90 Å². The molecule has 1 aromatic heterocycles. The number of piperazine rings is 1. The number of aliphatic hydroxyl groups excluding tert-OH is 1. The Kier molecular flexibility index (Phi) is 6.02. The minimum atomic E-state index is -0.233. The van der Waals surface area contributed by atoms with Crippen LogP contribution in [0.1, 0.15) is 12.0 Å². The Morgan fingerprint density at radius 1 is 0.926 bits per heavy atom. The van der Waals surface area contributed by atoms with Gasteiger partial charge in [0, 0.05) is 51.5 Å². The van der Waals surface area contributed by atoms with E-state index in [9.17, 15) is 5.11 Å². The summed E-state index contributed by atoms with van der Waals surface area (Å²) in [4.78, 5) is 11.7. The molecular formula is C22H30N4O. The van der Waals surface area contributed by atoms with Crippen molar-refractivity contribution >= 4 is 5.82 Å². The quantitative estimate of drug-likeness (QED) is 0.846. The first-order chi connectivity index (χ1) is 13.3. The maximum atomic E-state index is 10.6. The van der Waals surface area contributed by atoms with Crippen LogP contribution in [0.2, 0.25) is 0 Å². The molecule has 0 amide bonds. The average Bonchev–Trinajstić information content (AvgIpc) is 3.10. The van der Waals surface area contributed by atoms with Crippen LogP contribution in [0.3, 0.4) is 0 Å². The van der Waals surface area contributed by atoms with Crippen LogP contribution in [0, 0.1) is 0 Å². The molecule has 2 atom stereocenters. The van der Waals surface area contributed by atoms with E-state index in [-0.39, 0.29) is 12.1 Å². The number of pyridine rings is 1. The Balaban J connectivity index is 1.23. The first-order valence-corrected chi connectivity index (χ1v) is 10.1. The summed E-state index contributed by atoms with van der Waals surface area (Å²) in [6, 6.07) is 17.0. The fourth-order valence-corrected chi connectivity index (χ4v) is 4.36. The zero-order valence-electron chi connectivity index (χ0n) is 16.0. The summed E-state index contributed by atoms with van der Waals surface area (Å²) in [6.45, 7) is 6.81. The highest BCUT2D eigenvalue weighted by Gasteiger charge is 2.36. The Labute approximate surface area is 162 Å². The Bertz CT molecular complexity index is 688. The van der Waals surface area contributed by atoms with Gasteiger partial charge in [-0.2, -0.15) is 0 Å². The molecule has 2 saturated heterocycles. The van der Waals surface area contributed by atoms with Crippen LogP contribution in [0.5, 0.6) is 0 Å². The fraction of sp³-hybridized carbons (Fsp3) is 0.500. The summed E-state index contributed by atoms with van der Waals surface area (Å²) in [6.07, 6.45) is 3.89. The normalized spacial score (nSPS) is 24.4. The van der Waals surface area contributed by atoms with Crippen molar-refractivity contribution in [2.45, 2.75) is 25.0 Å². The number of β-amino-alcohol motifs (C(OH)–C–C–N with tert-alkyl or cyclic N) is 1. The van der Waals surface area contributed by atoms with Crippen LogP contribution in [0.25, 0.3) is 0 Å². The van der Waals surface area contributed by atoms with Crippen molar-refractivity contribution in [3.63, 3.8) is 0 Å². The molecule has 3 heterocycles. The number of nitrogens with zero attached hydrogens (tertiary/aromatic N) is 4. The molecule has 5 nitrogen and oxygen atoms in total. The average molecular weight is 367 g/mol. The molecule has 1 aromatic carbocycles. The van der Waals surface area contributed by atoms with Crippen molar-refractivity contribution in [1.29, 1.82) is 0 Å². The lowest BCUT2D eigenvalue weighted by Crippen LogP contribution is -2.54. The van der Waals surface area contributed by atoms with Gasteiger partial charge in [0.25, 0.3) is 0 Å². The highest BCUT2D eigenvalue weighted by Crippen LogP contribution is 2.20. The smallest absolute Gasteiger partial charge is 0.128 e. The number of likely N-dealkylation sites (tertiary alicyclic amines) is 1. The van der Waals surface area contributed by atoms with E-state index in [0.29, 0.717) is 0 Å². The minimum Gasteiger partial charge on any atom is -0.390 e. The van der Waals surface area contributed by atoms with Gasteiger partial charge in [0.15, 0.2) is 0 Å². The molecule has 5 heteroatoms.